The second-order valence-electron chi connectivity index (χ2n) is 21.5. The van der Waals surface area contributed by atoms with E-state index in [2.05, 4.69) is 84.7 Å². The summed E-state index contributed by atoms with van der Waals surface area (Å²) in [7, 11) is 0. The van der Waals surface area contributed by atoms with Crippen LogP contribution in [0.25, 0.3) is 45.0 Å². The molecule has 4 saturated heterocycles. The molecule has 0 atom stereocenters. The Balaban J connectivity index is 0.000000775. The van der Waals surface area contributed by atoms with Crippen molar-refractivity contribution in [3.8, 4) is 56.5 Å². The van der Waals surface area contributed by atoms with Crippen LogP contribution in [0.4, 0.5) is 21.0 Å². The molecule has 85 heavy (non-hydrogen) atoms. The molecule has 6 aromatic rings. The maximum atomic E-state index is 13.7. The average molecular weight is 1200 g/mol. The van der Waals surface area contributed by atoms with E-state index in [1.807, 2.05) is 23.1 Å². The lowest BCUT2D eigenvalue weighted by Crippen LogP contribution is -2.51. The van der Waals surface area contributed by atoms with Gasteiger partial charge in [0.2, 0.25) is 0 Å². The molecular weight excluding hydrogens is 1090 g/mol. The maximum absolute atomic E-state index is 13.7. The molecule has 0 bridgehead atoms. The summed E-state index contributed by atoms with van der Waals surface area (Å²) in [6.07, 6.45) is 0. The Kier molecular flexibility index (Phi) is 16.1. The van der Waals surface area contributed by atoms with E-state index >= 15 is 0 Å². The number of hydrogen-bond acceptors (Lipinski definition) is 17. The van der Waals surface area contributed by atoms with Crippen molar-refractivity contribution in [3.05, 3.63) is 107 Å². The van der Waals surface area contributed by atoms with Crippen molar-refractivity contribution >= 4 is 46.9 Å². The summed E-state index contributed by atoms with van der Waals surface area (Å²) in [6.45, 7) is 20.8. The van der Waals surface area contributed by atoms with Gasteiger partial charge >= 0.3 is 18.0 Å². The lowest BCUT2D eigenvalue weighted by atomic mass is 10.0. The number of benzene rings is 4. The number of ketones is 2. The number of aromatic amines is 2. The number of nitrogens with zero attached hydrogens (tertiary/aromatic N) is 7. The number of hydrazine groups is 2. The second kappa shape index (κ2) is 27.4. The molecule has 6 aliphatic rings. The van der Waals surface area contributed by atoms with E-state index in [9.17, 15) is 28.8 Å². The normalized spacial score (nSPS) is 17.6. The minimum atomic E-state index is -1.07. The number of urea groups is 2. The summed E-state index contributed by atoms with van der Waals surface area (Å²) >= 11 is 0. The molecule has 4 fully saturated rings. The molecule has 2 aromatic heterocycles. The summed E-state index contributed by atoms with van der Waals surface area (Å²) in [6, 6.07) is 24.8. The number of carboxylic acid groups (broad SMARTS) is 1. The molecule has 5 amide bonds. The largest absolute Gasteiger partial charge is 0.484 e. The van der Waals surface area contributed by atoms with Gasteiger partial charge in [-0.1, -0.05) is 24.3 Å². The first-order valence-corrected chi connectivity index (χ1v) is 28.7. The number of carboxylic acids is 1. The molecule has 25 nitrogen and oxygen atoms in total. The number of carbonyl (C=O) groups is 6. The van der Waals surface area contributed by atoms with Crippen molar-refractivity contribution < 1.29 is 78.0 Å². The van der Waals surface area contributed by atoms with Crippen LogP contribution in [-0.2, 0) is 19.1 Å². The Hall–Kier alpha value is -8.56. The molecule has 466 valence electrons. The summed E-state index contributed by atoms with van der Waals surface area (Å²) in [5.74, 6) is -0.602. The molecule has 25 heteroatoms. The van der Waals surface area contributed by atoms with Gasteiger partial charge in [-0.05, 0) is 88.4 Å². The molecule has 2 aliphatic carbocycles. The molecule has 0 spiro atoms. The molecule has 0 unspecified atom stereocenters. The lowest BCUT2D eigenvalue weighted by molar-refractivity contribution is -0.139. The topological polar surface area (TPSA) is 293 Å². The fraction of sp³-hybridized carbons (Fsp3) is 0.400. The molecule has 0 radical (unpaired) electrons. The van der Waals surface area contributed by atoms with Gasteiger partial charge in [-0.2, -0.15) is 10.2 Å². The van der Waals surface area contributed by atoms with Gasteiger partial charge in [0.05, 0.1) is 71.4 Å². The SMILES string of the molecule is CC(C)N1CCN(C(=O)COc2ccc(-c3n[nH]c4c3C(=O)c3c(NC(=O)NN5CCOCC5)cccc3-4)cc2)CC1.CC(C)N1CCNCC1.O=C(O)COc1ccc(-c2n[nH]c3c2C(=O)c2c(NC(=O)NN4CCOCC4)cccc2-3)cc1.[2HH].[2H][2H].[2H][2H].[2H][2H].[2H][2H].[2H][2H].[2H][2H].[2H][2H].[2H][2H]. The highest BCUT2D eigenvalue weighted by Crippen LogP contribution is 2.44. The number of anilines is 2. The molecule has 12 rings (SSSR count). The third-order valence-electron chi connectivity index (χ3n) is 15.4. The Morgan fingerprint density at radius 2 is 1.00 bits per heavy atom. The third kappa shape index (κ3) is 14.2. The summed E-state index contributed by atoms with van der Waals surface area (Å²) in [5.41, 5.74) is 13.0. The van der Waals surface area contributed by atoms with E-state index in [0.29, 0.717) is 156 Å². The first-order chi connectivity index (χ1) is 49.2. The number of amides is 5. The third-order valence-corrected chi connectivity index (χ3v) is 15.4. The smallest absolute Gasteiger partial charge is 0.341 e. The van der Waals surface area contributed by atoms with Crippen molar-refractivity contribution in [1.82, 2.24) is 61.3 Å². The van der Waals surface area contributed by atoms with Gasteiger partial charge in [0, 0.05) is 138 Å². The fourth-order valence-electron chi connectivity index (χ4n) is 10.8. The summed E-state index contributed by atoms with van der Waals surface area (Å²) < 4.78 is 102. The zero-order valence-corrected chi connectivity index (χ0v) is 48.1. The highest BCUT2D eigenvalue weighted by molar-refractivity contribution is 6.28. The monoisotopic (exact) mass is 1200 g/mol. The van der Waals surface area contributed by atoms with Gasteiger partial charge in [-0.3, -0.25) is 45.2 Å². The number of carbonyl (C=O) groups excluding carboxylic acids is 5. The predicted molar refractivity (Wildman–Crippen MR) is 335 cm³/mol. The standard InChI is InChI=1S/C30H35N7O5.C23H21N5O6.C7H16N2.9H2/c1-19(2)35-10-12-36(13-11-35)24(38)18-42-21-8-6-20(7-9-21)27-26-28(33-32-27)22-4-3-5-23(25(22)29(26)39)31-30(40)34-37-14-16-41-17-15-37;29-17(30)12-34-14-6-4-13(5-7-14)20-19-21(26-25-20)15-2-1-3-16(18(15)22(19)31)24-23(32)27-28-8-10-33-11-9-28;1-7(2)9-5-3-8-4-6-9;;;;;;;;;/h3-9,19H,10-18H2,1-2H3,(H,32,33)(H2,31,34,40);1-7H,8-12H2,(H,25,26)(H,29,30)(H2,24,27,32);7-8H,3-6H2,1-2H3;9*1H/i;;;8*1+1D;1+1. The van der Waals surface area contributed by atoms with Gasteiger partial charge in [0.15, 0.2) is 24.8 Å². The van der Waals surface area contributed by atoms with Gasteiger partial charge < -0.3 is 44.9 Å². The fourth-order valence-corrected chi connectivity index (χ4v) is 10.8. The number of fused-ring (bicyclic) bond motifs is 6. The highest BCUT2D eigenvalue weighted by atomic mass is 16.5. The van der Waals surface area contributed by atoms with Gasteiger partial charge in [0.25, 0.3) is 5.91 Å². The maximum Gasteiger partial charge on any atom is 0.341 e. The van der Waals surface area contributed by atoms with Crippen LogP contribution < -0.4 is 36.3 Å². The number of H-pyrrole nitrogens is 2. The van der Waals surface area contributed by atoms with Crippen LogP contribution in [0.2, 0.25) is 0 Å². The van der Waals surface area contributed by atoms with Gasteiger partial charge in [0.1, 0.15) is 22.9 Å². The van der Waals surface area contributed by atoms with Crippen LogP contribution in [0.15, 0.2) is 84.9 Å². The zero-order chi connectivity index (χ0) is 75.6. The van der Waals surface area contributed by atoms with Crippen LogP contribution in [0.1, 0.15) is 84.7 Å². The number of aliphatic carboxylic acids is 1. The zero-order valence-electron chi connectivity index (χ0n) is 64.1. The number of nitrogens with one attached hydrogen (secondary N) is 7. The average Bonchev–Trinajstić information content (AvgIpc) is 1.59. The van der Waals surface area contributed by atoms with Crippen LogP contribution in [0.5, 0.6) is 11.5 Å². The van der Waals surface area contributed by atoms with E-state index in [1.54, 1.807) is 76.7 Å². The first-order valence-electron chi connectivity index (χ1n) is 36.7. The number of rotatable bonds is 14. The van der Waals surface area contributed by atoms with Crippen LogP contribution in [-0.4, -0.2) is 216 Å². The minimum absolute atomic E-state index is 0. The second-order valence-corrected chi connectivity index (χ2v) is 21.5. The molecular formula is C60H90N14O11. The van der Waals surface area contributed by atoms with E-state index in [0.717, 1.165) is 37.8 Å². The highest BCUT2D eigenvalue weighted by Gasteiger charge is 2.37. The van der Waals surface area contributed by atoms with E-state index in [-0.39, 0.29) is 25.5 Å². The van der Waals surface area contributed by atoms with E-state index in [1.165, 1.54) is 13.1 Å². The predicted octanol–water partition coefficient (Wildman–Crippen LogP) is 7.22. The van der Waals surface area contributed by atoms with Crippen LogP contribution in [0, 0.1) is 0 Å². The van der Waals surface area contributed by atoms with Crippen molar-refractivity contribution in [2.45, 2.75) is 39.8 Å². The quantitative estimate of drug-likeness (QED) is 0.0533. The van der Waals surface area contributed by atoms with Crippen molar-refractivity contribution in [2.75, 3.05) is 129 Å². The van der Waals surface area contributed by atoms with Crippen molar-refractivity contribution in [3.63, 3.8) is 0 Å². The van der Waals surface area contributed by atoms with Gasteiger partial charge in [-0.25, -0.2) is 24.4 Å². The van der Waals surface area contributed by atoms with E-state index < -0.39 is 24.6 Å². The molecule has 6 heterocycles. The van der Waals surface area contributed by atoms with Crippen molar-refractivity contribution in [1.29, 1.82) is 0 Å². The van der Waals surface area contributed by atoms with Gasteiger partial charge in [-0.15, -0.1) is 0 Å². The van der Waals surface area contributed by atoms with Crippen LogP contribution in [0.3, 0.4) is 0 Å². The van der Waals surface area contributed by atoms with Crippen LogP contribution >= 0.6 is 0 Å². The Morgan fingerprint density at radius 1 is 0.576 bits per heavy atom. The molecule has 4 aliphatic heterocycles. The number of piperazine rings is 2. The Bertz CT molecular complexity index is 3420. The molecule has 4 aromatic carbocycles. The van der Waals surface area contributed by atoms with Crippen molar-refractivity contribution in [2.24, 2.45) is 0 Å². The number of aromatic nitrogens is 4. The minimum Gasteiger partial charge on any atom is -0.484 e. The summed E-state index contributed by atoms with van der Waals surface area (Å²) in [5, 5.41) is 36.0. The summed E-state index contributed by atoms with van der Waals surface area (Å²) in [4.78, 5) is 82.3. The van der Waals surface area contributed by atoms with E-state index in [4.69, 9.17) is 47.8 Å². The molecule has 0 saturated carbocycles. The molecule has 8 N–H and O–H groups in total. The lowest BCUT2D eigenvalue weighted by Gasteiger charge is -2.36. The number of ether oxygens (including phenoxy) is 4. The Morgan fingerprint density at radius 3 is 1.41 bits per heavy atom. The Labute approximate surface area is 517 Å². The number of morpholine rings is 2. The number of hydrogen-bond donors (Lipinski definition) is 8. The first kappa shape index (κ1) is 49.8.